The van der Waals surface area contributed by atoms with Crippen LogP contribution in [0, 0.1) is 5.92 Å². The van der Waals surface area contributed by atoms with Crippen LogP contribution in [0.1, 0.15) is 49.4 Å². The van der Waals surface area contributed by atoms with Crippen molar-refractivity contribution in [2.75, 3.05) is 12.4 Å². The number of hydrogen-bond donors (Lipinski definition) is 1. The summed E-state index contributed by atoms with van der Waals surface area (Å²) in [6.45, 7) is 2.26. The predicted octanol–water partition coefficient (Wildman–Crippen LogP) is 5.38. The Morgan fingerprint density at radius 1 is 1.29 bits per heavy atom. The largest absolute Gasteiger partial charge is 0.465 e. The number of carbonyl (C=O) groups is 1. The number of esters is 1. The van der Waals surface area contributed by atoms with Gasteiger partial charge in [0, 0.05) is 15.0 Å². The SMILES string of the molecule is CCC1CCC(Nc2c(Br)cc(Br)cc2C(=O)OC)CC1. The van der Waals surface area contributed by atoms with E-state index in [1.807, 2.05) is 6.07 Å². The topological polar surface area (TPSA) is 38.3 Å². The van der Waals surface area contributed by atoms with E-state index in [4.69, 9.17) is 4.74 Å². The summed E-state index contributed by atoms with van der Waals surface area (Å²) < 4.78 is 6.63. The quantitative estimate of drug-likeness (QED) is 0.667. The van der Waals surface area contributed by atoms with Gasteiger partial charge in [-0.25, -0.2) is 4.79 Å². The van der Waals surface area contributed by atoms with E-state index in [1.54, 1.807) is 6.07 Å². The van der Waals surface area contributed by atoms with Gasteiger partial charge in [-0.2, -0.15) is 0 Å². The maximum atomic E-state index is 12.0. The molecule has 3 nitrogen and oxygen atoms in total. The van der Waals surface area contributed by atoms with Crippen LogP contribution in [0.4, 0.5) is 5.69 Å². The lowest BCUT2D eigenvalue weighted by Gasteiger charge is -2.30. The number of methoxy groups -OCH3 is 1. The fourth-order valence-corrected chi connectivity index (χ4v) is 4.25. The molecule has 0 saturated heterocycles. The summed E-state index contributed by atoms with van der Waals surface area (Å²) in [6.07, 6.45) is 6.09. The van der Waals surface area contributed by atoms with Gasteiger partial charge in [0.05, 0.1) is 18.4 Å². The molecule has 1 aliphatic rings. The Labute approximate surface area is 143 Å². The predicted molar refractivity (Wildman–Crippen MR) is 92.8 cm³/mol. The van der Waals surface area contributed by atoms with Crippen molar-refractivity contribution in [2.45, 2.75) is 45.1 Å². The average Bonchev–Trinajstić information content (AvgIpc) is 2.49. The number of ether oxygens (including phenoxy) is 1. The smallest absolute Gasteiger partial charge is 0.340 e. The van der Waals surface area contributed by atoms with Gasteiger partial charge in [0.15, 0.2) is 0 Å². The van der Waals surface area contributed by atoms with Crippen LogP contribution in [0.3, 0.4) is 0 Å². The fraction of sp³-hybridized carbons (Fsp3) is 0.562. The highest BCUT2D eigenvalue weighted by Gasteiger charge is 2.23. The molecule has 1 N–H and O–H groups in total. The Bertz CT molecular complexity index is 511. The van der Waals surface area contributed by atoms with E-state index in [9.17, 15) is 4.79 Å². The number of nitrogens with one attached hydrogen (secondary N) is 1. The van der Waals surface area contributed by atoms with E-state index in [2.05, 4.69) is 44.1 Å². The Morgan fingerprint density at radius 3 is 2.52 bits per heavy atom. The number of benzene rings is 1. The molecule has 0 radical (unpaired) electrons. The van der Waals surface area contributed by atoms with Crippen molar-refractivity contribution >= 4 is 43.5 Å². The van der Waals surface area contributed by atoms with E-state index in [1.165, 1.54) is 26.4 Å². The van der Waals surface area contributed by atoms with E-state index in [0.29, 0.717) is 11.6 Å². The second kappa shape index (κ2) is 7.63. The molecule has 2 rings (SSSR count). The Hall–Kier alpha value is -0.550. The Morgan fingerprint density at radius 2 is 1.95 bits per heavy atom. The molecule has 0 amide bonds. The zero-order chi connectivity index (χ0) is 15.4. The molecule has 0 atom stereocenters. The maximum Gasteiger partial charge on any atom is 0.340 e. The van der Waals surface area contributed by atoms with Gasteiger partial charge in [-0.3, -0.25) is 0 Å². The third-order valence-electron chi connectivity index (χ3n) is 4.23. The first-order chi connectivity index (χ1) is 10.0. The summed E-state index contributed by atoms with van der Waals surface area (Å²) in [7, 11) is 1.41. The highest BCUT2D eigenvalue weighted by molar-refractivity contribution is 9.11. The molecule has 1 aliphatic carbocycles. The highest BCUT2D eigenvalue weighted by atomic mass is 79.9. The second-order valence-corrected chi connectivity index (χ2v) is 7.34. The van der Waals surface area contributed by atoms with Crippen LogP contribution in [-0.2, 0) is 4.74 Å². The highest BCUT2D eigenvalue weighted by Crippen LogP contribution is 2.35. The summed E-state index contributed by atoms with van der Waals surface area (Å²) in [5, 5.41) is 3.54. The molecule has 1 saturated carbocycles. The van der Waals surface area contributed by atoms with Crippen LogP contribution in [0.25, 0.3) is 0 Å². The van der Waals surface area contributed by atoms with Crippen LogP contribution in [-0.4, -0.2) is 19.1 Å². The summed E-state index contributed by atoms with van der Waals surface area (Å²) in [6, 6.07) is 4.18. The lowest BCUT2D eigenvalue weighted by atomic mass is 9.84. The third kappa shape index (κ3) is 4.22. The van der Waals surface area contributed by atoms with E-state index >= 15 is 0 Å². The molecule has 0 spiro atoms. The summed E-state index contributed by atoms with van der Waals surface area (Å²) in [4.78, 5) is 12.0. The zero-order valence-corrected chi connectivity index (χ0v) is 15.6. The van der Waals surface area contributed by atoms with E-state index in [-0.39, 0.29) is 5.97 Å². The van der Waals surface area contributed by atoms with Gasteiger partial charge in [0.1, 0.15) is 0 Å². The first kappa shape index (κ1) is 16.8. The molecule has 0 bridgehead atoms. The van der Waals surface area contributed by atoms with Gasteiger partial charge in [0.2, 0.25) is 0 Å². The molecule has 5 heteroatoms. The minimum Gasteiger partial charge on any atom is -0.465 e. The first-order valence-electron chi connectivity index (χ1n) is 7.39. The number of rotatable bonds is 4. The van der Waals surface area contributed by atoms with Crippen molar-refractivity contribution in [3.63, 3.8) is 0 Å². The van der Waals surface area contributed by atoms with Crippen molar-refractivity contribution in [2.24, 2.45) is 5.92 Å². The lowest BCUT2D eigenvalue weighted by molar-refractivity contribution is 0.0601. The van der Waals surface area contributed by atoms with Gasteiger partial charge in [0.25, 0.3) is 0 Å². The average molecular weight is 419 g/mol. The van der Waals surface area contributed by atoms with Crippen molar-refractivity contribution in [3.05, 3.63) is 26.6 Å². The fourth-order valence-electron chi connectivity index (χ4n) is 2.91. The van der Waals surface area contributed by atoms with Gasteiger partial charge >= 0.3 is 5.97 Å². The normalized spacial score (nSPS) is 21.9. The van der Waals surface area contributed by atoms with Crippen molar-refractivity contribution < 1.29 is 9.53 Å². The molecule has 0 heterocycles. The van der Waals surface area contributed by atoms with Gasteiger partial charge < -0.3 is 10.1 Å². The molecular formula is C16H21Br2NO2. The second-order valence-electron chi connectivity index (χ2n) is 5.57. The van der Waals surface area contributed by atoms with E-state index in [0.717, 1.165) is 33.4 Å². The number of hydrogen-bond acceptors (Lipinski definition) is 3. The molecule has 1 aromatic carbocycles. The van der Waals surface area contributed by atoms with Crippen LogP contribution in [0.2, 0.25) is 0 Å². The van der Waals surface area contributed by atoms with Gasteiger partial charge in [-0.1, -0.05) is 29.3 Å². The molecule has 0 aliphatic heterocycles. The molecule has 116 valence electrons. The third-order valence-corrected chi connectivity index (χ3v) is 5.32. The summed E-state index contributed by atoms with van der Waals surface area (Å²) >= 11 is 6.97. The number of carbonyl (C=O) groups excluding carboxylic acids is 1. The van der Waals surface area contributed by atoms with Crippen LogP contribution in [0.15, 0.2) is 21.1 Å². The van der Waals surface area contributed by atoms with Gasteiger partial charge in [-0.15, -0.1) is 0 Å². The zero-order valence-electron chi connectivity index (χ0n) is 12.4. The summed E-state index contributed by atoms with van der Waals surface area (Å²) in [5.74, 6) is 0.540. The van der Waals surface area contributed by atoms with Crippen LogP contribution < -0.4 is 5.32 Å². The van der Waals surface area contributed by atoms with Crippen molar-refractivity contribution in [1.82, 2.24) is 0 Å². The van der Waals surface area contributed by atoms with Gasteiger partial charge in [-0.05, 0) is 59.7 Å². The molecule has 0 aromatic heterocycles. The van der Waals surface area contributed by atoms with Crippen molar-refractivity contribution in [1.29, 1.82) is 0 Å². The molecule has 0 unspecified atom stereocenters. The lowest BCUT2D eigenvalue weighted by Crippen LogP contribution is -2.27. The molecule has 21 heavy (non-hydrogen) atoms. The van der Waals surface area contributed by atoms with Crippen LogP contribution in [0.5, 0.6) is 0 Å². The molecule has 1 aromatic rings. The van der Waals surface area contributed by atoms with E-state index < -0.39 is 0 Å². The summed E-state index contributed by atoms with van der Waals surface area (Å²) in [5.41, 5.74) is 1.40. The first-order valence-corrected chi connectivity index (χ1v) is 8.97. The molecule has 1 fully saturated rings. The Balaban J connectivity index is 2.17. The van der Waals surface area contributed by atoms with Crippen molar-refractivity contribution in [3.8, 4) is 0 Å². The number of halogens is 2. The minimum atomic E-state index is -0.318. The Kier molecular flexibility index (Phi) is 6.11. The monoisotopic (exact) mass is 417 g/mol. The maximum absolute atomic E-state index is 12.0. The molecular weight excluding hydrogens is 398 g/mol. The standard InChI is InChI=1S/C16H21Br2NO2/c1-3-10-4-6-12(7-5-10)19-15-13(16(20)21-2)8-11(17)9-14(15)18/h8-10,12,19H,3-7H2,1-2H3. The minimum absolute atomic E-state index is 0.318. The van der Waals surface area contributed by atoms with Crippen LogP contribution >= 0.6 is 31.9 Å². The number of anilines is 1.